The Morgan fingerprint density at radius 1 is 1.31 bits per heavy atom. The van der Waals surface area contributed by atoms with Crippen molar-refractivity contribution in [3.8, 4) is 0 Å². The van der Waals surface area contributed by atoms with Crippen molar-refractivity contribution >= 4 is 21.9 Å². The van der Waals surface area contributed by atoms with E-state index in [-0.39, 0.29) is 5.41 Å². The van der Waals surface area contributed by atoms with Crippen LogP contribution in [0.15, 0.2) is 40.1 Å². The molecule has 1 saturated carbocycles. The van der Waals surface area contributed by atoms with Gasteiger partial charge in [-0.05, 0) is 37.5 Å². The molecule has 6 nitrogen and oxygen atoms in total. The molecule has 0 spiro atoms. The highest BCUT2D eigenvalue weighted by Gasteiger charge is 2.35. The second-order valence-corrected chi connectivity index (χ2v) is 7.76. The molecule has 1 fully saturated rings. The standard InChI is InChI=1S/C19H27BrN6/c1-3-21-18(22-12-17-24-14-25-26(17)2)23-13-19(9-4-5-10-19)15-7-6-8-16(20)11-15/h6-8,11,14H,3-5,9-10,12-13H2,1-2H3,(H2,21,22,23). The number of nitrogens with one attached hydrogen (secondary N) is 2. The van der Waals surface area contributed by atoms with Gasteiger partial charge in [-0.2, -0.15) is 5.10 Å². The summed E-state index contributed by atoms with van der Waals surface area (Å²) in [6.45, 7) is 4.30. The third-order valence-electron chi connectivity index (χ3n) is 5.12. The van der Waals surface area contributed by atoms with Crippen molar-refractivity contribution in [3.05, 3.63) is 46.5 Å². The second kappa shape index (κ2) is 8.66. The van der Waals surface area contributed by atoms with E-state index in [0.29, 0.717) is 6.54 Å². The topological polar surface area (TPSA) is 67.1 Å². The van der Waals surface area contributed by atoms with E-state index in [0.717, 1.165) is 29.3 Å². The van der Waals surface area contributed by atoms with Crippen molar-refractivity contribution in [2.75, 3.05) is 13.1 Å². The van der Waals surface area contributed by atoms with Gasteiger partial charge in [0.15, 0.2) is 5.96 Å². The van der Waals surface area contributed by atoms with Crippen LogP contribution < -0.4 is 10.6 Å². The van der Waals surface area contributed by atoms with Crippen LogP contribution in [0.3, 0.4) is 0 Å². The fourth-order valence-electron chi connectivity index (χ4n) is 3.65. The molecule has 0 radical (unpaired) electrons. The molecule has 26 heavy (non-hydrogen) atoms. The molecule has 0 aliphatic heterocycles. The molecular formula is C19H27BrN6. The number of hydrogen-bond acceptors (Lipinski definition) is 3. The number of aryl methyl sites for hydroxylation is 1. The Morgan fingerprint density at radius 3 is 2.77 bits per heavy atom. The van der Waals surface area contributed by atoms with E-state index in [1.807, 2.05) is 7.05 Å². The van der Waals surface area contributed by atoms with Crippen LogP contribution in [0.1, 0.15) is 44.0 Å². The minimum Gasteiger partial charge on any atom is -0.357 e. The van der Waals surface area contributed by atoms with Crippen molar-refractivity contribution in [2.45, 2.75) is 44.6 Å². The van der Waals surface area contributed by atoms with Gasteiger partial charge in [0.25, 0.3) is 0 Å². The zero-order valence-electron chi connectivity index (χ0n) is 15.5. The van der Waals surface area contributed by atoms with Crippen molar-refractivity contribution in [1.29, 1.82) is 0 Å². The Bertz CT molecular complexity index is 748. The molecule has 1 aromatic heterocycles. The molecule has 2 N–H and O–H groups in total. The average Bonchev–Trinajstić information content (AvgIpc) is 3.27. The van der Waals surface area contributed by atoms with Gasteiger partial charge in [-0.25, -0.2) is 9.98 Å². The molecule has 1 heterocycles. The molecule has 3 rings (SSSR count). The van der Waals surface area contributed by atoms with Crippen LogP contribution in [0, 0.1) is 0 Å². The van der Waals surface area contributed by atoms with Gasteiger partial charge in [0.1, 0.15) is 18.7 Å². The fourth-order valence-corrected chi connectivity index (χ4v) is 4.04. The van der Waals surface area contributed by atoms with Gasteiger partial charge in [-0.15, -0.1) is 0 Å². The lowest BCUT2D eigenvalue weighted by Crippen LogP contribution is -2.44. The van der Waals surface area contributed by atoms with Crippen LogP contribution >= 0.6 is 15.9 Å². The molecule has 0 saturated heterocycles. The minimum absolute atomic E-state index is 0.171. The van der Waals surface area contributed by atoms with Gasteiger partial charge >= 0.3 is 0 Å². The predicted molar refractivity (Wildman–Crippen MR) is 108 cm³/mol. The van der Waals surface area contributed by atoms with Gasteiger partial charge in [0, 0.05) is 30.0 Å². The summed E-state index contributed by atoms with van der Waals surface area (Å²) in [5.74, 6) is 1.68. The molecule has 1 aliphatic carbocycles. The lowest BCUT2D eigenvalue weighted by Gasteiger charge is -2.31. The van der Waals surface area contributed by atoms with Gasteiger partial charge in [-0.3, -0.25) is 4.68 Å². The zero-order valence-corrected chi connectivity index (χ0v) is 17.1. The van der Waals surface area contributed by atoms with E-state index >= 15 is 0 Å². The third-order valence-corrected chi connectivity index (χ3v) is 5.61. The molecule has 7 heteroatoms. The summed E-state index contributed by atoms with van der Waals surface area (Å²) in [6, 6.07) is 8.73. The maximum atomic E-state index is 4.68. The maximum absolute atomic E-state index is 4.68. The summed E-state index contributed by atoms with van der Waals surface area (Å²) in [6.07, 6.45) is 6.53. The minimum atomic E-state index is 0.171. The lowest BCUT2D eigenvalue weighted by molar-refractivity contribution is 0.431. The van der Waals surface area contributed by atoms with Crippen molar-refractivity contribution in [1.82, 2.24) is 25.4 Å². The van der Waals surface area contributed by atoms with E-state index in [1.54, 1.807) is 11.0 Å². The molecule has 0 amide bonds. The van der Waals surface area contributed by atoms with Gasteiger partial charge in [0.2, 0.25) is 0 Å². The number of rotatable bonds is 6. The fraction of sp³-hybridized carbons (Fsp3) is 0.526. The van der Waals surface area contributed by atoms with Gasteiger partial charge < -0.3 is 10.6 Å². The molecular weight excluding hydrogens is 392 g/mol. The largest absolute Gasteiger partial charge is 0.357 e. The molecule has 0 bridgehead atoms. The smallest absolute Gasteiger partial charge is 0.191 e. The first-order valence-electron chi connectivity index (χ1n) is 9.24. The molecule has 0 atom stereocenters. The lowest BCUT2D eigenvalue weighted by atomic mass is 9.79. The number of hydrogen-bond donors (Lipinski definition) is 2. The summed E-state index contributed by atoms with van der Waals surface area (Å²) in [7, 11) is 1.89. The monoisotopic (exact) mass is 418 g/mol. The highest BCUT2D eigenvalue weighted by atomic mass is 79.9. The average molecular weight is 419 g/mol. The first-order chi connectivity index (χ1) is 12.6. The normalized spacial score (nSPS) is 16.7. The third kappa shape index (κ3) is 4.44. The number of nitrogens with zero attached hydrogens (tertiary/aromatic N) is 4. The molecule has 1 aromatic carbocycles. The summed E-state index contributed by atoms with van der Waals surface area (Å²) in [5.41, 5.74) is 1.58. The van der Waals surface area contributed by atoms with Crippen LogP contribution in [0.4, 0.5) is 0 Å². The first kappa shape index (κ1) is 18.9. The van der Waals surface area contributed by atoms with E-state index < -0.39 is 0 Å². The Balaban J connectivity index is 1.72. The van der Waals surface area contributed by atoms with Crippen LogP contribution in [0.2, 0.25) is 0 Å². The number of benzene rings is 1. The summed E-state index contributed by atoms with van der Waals surface area (Å²) in [5, 5.41) is 11.0. The van der Waals surface area contributed by atoms with Crippen LogP contribution in [-0.4, -0.2) is 33.8 Å². The SMILES string of the molecule is CCNC(=NCc1ncnn1C)NCC1(c2cccc(Br)c2)CCCC1. The van der Waals surface area contributed by atoms with E-state index in [4.69, 9.17) is 0 Å². The van der Waals surface area contributed by atoms with Gasteiger partial charge in [0.05, 0.1) is 0 Å². The number of aliphatic imine (C=N–C) groups is 1. The summed E-state index contributed by atoms with van der Waals surface area (Å²) in [4.78, 5) is 8.92. The number of aromatic nitrogens is 3. The molecule has 140 valence electrons. The van der Waals surface area contributed by atoms with E-state index in [9.17, 15) is 0 Å². The number of halogens is 1. The highest BCUT2D eigenvalue weighted by Crippen LogP contribution is 2.41. The van der Waals surface area contributed by atoms with E-state index in [1.165, 1.54) is 31.2 Å². The summed E-state index contributed by atoms with van der Waals surface area (Å²) >= 11 is 3.62. The molecule has 0 unspecified atom stereocenters. The van der Waals surface area contributed by atoms with Crippen molar-refractivity contribution in [2.24, 2.45) is 12.0 Å². The molecule has 2 aromatic rings. The van der Waals surface area contributed by atoms with Crippen LogP contribution in [0.5, 0.6) is 0 Å². The van der Waals surface area contributed by atoms with Crippen molar-refractivity contribution < 1.29 is 0 Å². The number of guanidine groups is 1. The Kier molecular flexibility index (Phi) is 6.29. The highest BCUT2D eigenvalue weighted by molar-refractivity contribution is 9.10. The maximum Gasteiger partial charge on any atom is 0.191 e. The van der Waals surface area contributed by atoms with Crippen molar-refractivity contribution in [3.63, 3.8) is 0 Å². The molecule has 1 aliphatic rings. The van der Waals surface area contributed by atoms with Crippen LogP contribution in [0.25, 0.3) is 0 Å². The first-order valence-corrected chi connectivity index (χ1v) is 10.0. The Hall–Kier alpha value is -1.89. The predicted octanol–water partition coefficient (Wildman–Crippen LogP) is 3.14. The second-order valence-electron chi connectivity index (χ2n) is 6.85. The Morgan fingerprint density at radius 2 is 2.12 bits per heavy atom. The summed E-state index contributed by atoms with van der Waals surface area (Å²) < 4.78 is 2.90. The quantitative estimate of drug-likeness (QED) is 0.558. The van der Waals surface area contributed by atoms with Crippen LogP contribution in [-0.2, 0) is 19.0 Å². The zero-order chi connectivity index (χ0) is 18.4. The Labute approximate surface area is 163 Å². The van der Waals surface area contributed by atoms with Gasteiger partial charge in [-0.1, -0.05) is 40.9 Å². The van der Waals surface area contributed by atoms with E-state index in [2.05, 4.69) is 72.8 Å².